The summed E-state index contributed by atoms with van der Waals surface area (Å²) in [5, 5.41) is 0. The molecule has 2 nitrogen and oxygen atoms in total. The molecule has 1 unspecified atom stereocenters. The molecule has 1 aromatic rings. The van der Waals surface area contributed by atoms with E-state index in [2.05, 4.69) is 26.8 Å². The number of ether oxygens (including phenoxy) is 1. The number of methoxy groups -OCH3 is 1. The summed E-state index contributed by atoms with van der Waals surface area (Å²) >= 11 is 0. The molecule has 0 aliphatic heterocycles. The van der Waals surface area contributed by atoms with E-state index in [9.17, 15) is 0 Å². The van der Waals surface area contributed by atoms with Crippen LogP contribution in [0.25, 0.3) is 0 Å². The summed E-state index contributed by atoms with van der Waals surface area (Å²) in [4.78, 5) is 0. The largest absolute Gasteiger partial charge is 0.496 e. The number of benzene rings is 1. The lowest BCUT2D eigenvalue weighted by molar-refractivity contribution is 0.392. The molecular weight excluding hydrogens is 186 g/mol. The topological polar surface area (TPSA) is 35.2 Å². The van der Waals surface area contributed by atoms with Crippen LogP contribution in [-0.2, 0) is 5.41 Å². The van der Waals surface area contributed by atoms with E-state index in [4.69, 9.17) is 10.5 Å². The van der Waals surface area contributed by atoms with E-state index < -0.39 is 0 Å². The van der Waals surface area contributed by atoms with Crippen LogP contribution in [0.3, 0.4) is 0 Å². The Morgan fingerprint density at radius 2 is 2.07 bits per heavy atom. The maximum absolute atomic E-state index is 6.19. The van der Waals surface area contributed by atoms with Gasteiger partial charge in [-0.3, -0.25) is 0 Å². The average molecular weight is 205 g/mol. The van der Waals surface area contributed by atoms with Gasteiger partial charge in [0, 0.05) is 11.6 Å². The first-order valence-electron chi connectivity index (χ1n) is 5.41. The van der Waals surface area contributed by atoms with Crippen molar-refractivity contribution in [1.82, 2.24) is 0 Å². The van der Waals surface area contributed by atoms with Crippen molar-refractivity contribution < 1.29 is 4.74 Å². The second kappa shape index (κ2) is 3.24. The number of hydrogen-bond donors (Lipinski definition) is 1. The van der Waals surface area contributed by atoms with Gasteiger partial charge in [-0.05, 0) is 36.0 Å². The number of aryl methyl sites for hydroxylation is 1. The van der Waals surface area contributed by atoms with Crippen molar-refractivity contribution in [2.45, 2.75) is 38.6 Å². The highest BCUT2D eigenvalue weighted by molar-refractivity contribution is 5.53. The summed E-state index contributed by atoms with van der Waals surface area (Å²) in [6.45, 7) is 6.60. The van der Waals surface area contributed by atoms with Crippen LogP contribution in [0.1, 0.15) is 43.0 Å². The zero-order chi connectivity index (χ0) is 11.2. The molecule has 2 heteroatoms. The number of fused-ring (bicyclic) bond motifs is 1. The van der Waals surface area contributed by atoms with Crippen LogP contribution in [0.5, 0.6) is 5.75 Å². The van der Waals surface area contributed by atoms with E-state index in [1.54, 1.807) is 7.11 Å². The monoisotopic (exact) mass is 205 g/mol. The van der Waals surface area contributed by atoms with Crippen LogP contribution in [0.4, 0.5) is 0 Å². The normalized spacial score (nSPS) is 22.6. The summed E-state index contributed by atoms with van der Waals surface area (Å²) in [7, 11) is 1.73. The Labute approximate surface area is 91.4 Å². The highest BCUT2D eigenvalue weighted by atomic mass is 16.5. The summed E-state index contributed by atoms with van der Waals surface area (Å²) in [5.74, 6) is 0.980. The van der Waals surface area contributed by atoms with Crippen molar-refractivity contribution in [1.29, 1.82) is 0 Å². The van der Waals surface area contributed by atoms with Crippen molar-refractivity contribution in [3.8, 4) is 5.75 Å². The van der Waals surface area contributed by atoms with Crippen LogP contribution in [0, 0.1) is 6.92 Å². The van der Waals surface area contributed by atoms with Gasteiger partial charge < -0.3 is 10.5 Å². The molecule has 0 spiro atoms. The third-order valence-electron chi connectivity index (χ3n) is 3.42. The van der Waals surface area contributed by atoms with Gasteiger partial charge in [-0.1, -0.05) is 19.9 Å². The van der Waals surface area contributed by atoms with Crippen LogP contribution < -0.4 is 10.5 Å². The minimum atomic E-state index is 0.131. The molecule has 1 aromatic carbocycles. The van der Waals surface area contributed by atoms with Crippen molar-refractivity contribution >= 4 is 0 Å². The maximum atomic E-state index is 6.19. The van der Waals surface area contributed by atoms with E-state index in [0.717, 1.165) is 12.2 Å². The van der Waals surface area contributed by atoms with E-state index in [-0.39, 0.29) is 11.5 Å². The molecule has 0 heterocycles. The molecule has 1 aliphatic carbocycles. The van der Waals surface area contributed by atoms with Gasteiger partial charge in [0.25, 0.3) is 0 Å². The minimum absolute atomic E-state index is 0.131. The predicted octanol–water partition coefficient (Wildman–Crippen LogP) is 2.68. The highest BCUT2D eigenvalue weighted by Gasteiger charge is 2.38. The van der Waals surface area contributed by atoms with Gasteiger partial charge in [0.15, 0.2) is 0 Å². The number of nitrogens with two attached hydrogens (primary N) is 1. The van der Waals surface area contributed by atoms with Gasteiger partial charge in [0.05, 0.1) is 7.11 Å². The Morgan fingerprint density at radius 3 is 2.67 bits per heavy atom. The molecule has 0 bridgehead atoms. The molecule has 82 valence electrons. The molecule has 0 radical (unpaired) electrons. The Balaban J connectivity index is 2.71. The van der Waals surface area contributed by atoms with Gasteiger partial charge in [-0.15, -0.1) is 0 Å². The summed E-state index contributed by atoms with van der Waals surface area (Å²) < 4.78 is 5.44. The SMILES string of the molecule is COc1ccc(C)c2c1C(C)(C)CC2N. The molecule has 1 aliphatic rings. The van der Waals surface area contributed by atoms with Crippen molar-refractivity contribution in [2.24, 2.45) is 5.73 Å². The minimum Gasteiger partial charge on any atom is -0.496 e. The van der Waals surface area contributed by atoms with Crippen molar-refractivity contribution in [3.05, 3.63) is 28.8 Å². The first-order valence-corrected chi connectivity index (χ1v) is 5.41. The maximum Gasteiger partial charge on any atom is 0.122 e. The summed E-state index contributed by atoms with van der Waals surface area (Å²) in [6, 6.07) is 4.30. The lowest BCUT2D eigenvalue weighted by atomic mass is 9.85. The molecule has 0 amide bonds. The number of rotatable bonds is 1. The van der Waals surface area contributed by atoms with Crippen LogP contribution in [0.2, 0.25) is 0 Å². The van der Waals surface area contributed by atoms with E-state index in [1.165, 1.54) is 16.7 Å². The quantitative estimate of drug-likeness (QED) is 0.765. The second-order valence-corrected chi connectivity index (χ2v) is 5.07. The Kier molecular flexibility index (Phi) is 2.27. The Morgan fingerprint density at radius 1 is 1.40 bits per heavy atom. The van der Waals surface area contributed by atoms with Gasteiger partial charge >= 0.3 is 0 Å². The van der Waals surface area contributed by atoms with Gasteiger partial charge in [-0.2, -0.15) is 0 Å². The molecule has 1 atom stereocenters. The molecule has 2 N–H and O–H groups in total. The van der Waals surface area contributed by atoms with Gasteiger partial charge in [0.1, 0.15) is 5.75 Å². The molecule has 15 heavy (non-hydrogen) atoms. The van der Waals surface area contributed by atoms with Crippen molar-refractivity contribution in [2.75, 3.05) is 7.11 Å². The first kappa shape index (κ1) is 10.5. The Bertz CT molecular complexity index is 396. The number of hydrogen-bond acceptors (Lipinski definition) is 2. The van der Waals surface area contributed by atoms with E-state index in [1.807, 2.05) is 6.07 Å². The summed E-state index contributed by atoms with van der Waals surface area (Å²) in [6.07, 6.45) is 1.00. The van der Waals surface area contributed by atoms with Gasteiger partial charge in [-0.25, -0.2) is 0 Å². The molecule has 2 rings (SSSR count). The van der Waals surface area contributed by atoms with Crippen molar-refractivity contribution in [3.63, 3.8) is 0 Å². The fourth-order valence-corrected chi connectivity index (χ4v) is 2.80. The molecular formula is C13H19NO. The molecule has 0 saturated heterocycles. The fraction of sp³-hybridized carbons (Fsp3) is 0.538. The predicted molar refractivity (Wildman–Crippen MR) is 62.3 cm³/mol. The smallest absolute Gasteiger partial charge is 0.122 e. The third-order valence-corrected chi connectivity index (χ3v) is 3.42. The average Bonchev–Trinajstić information content (AvgIpc) is 2.39. The molecule has 0 aromatic heterocycles. The first-order chi connectivity index (χ1) is 6.97. The molecule has 0 saturated carbocycles. The van der Waals surface area contributed by atoms with Gasteiger partial charge in [0.2, 0.25) is 0 Å². The van der Waals surface area contributed by atoms with Crippen LogP contribution >= 0.6 is 0 Å². The zero-order valence-electron chi connectivity index (χ0n) is 9.92. The zero-order valence-corrected chi connectivity index (χ0v) is 9.92. The van der Waals surface area contributed by atoms with Crippen LogP contribution in [0.15, 0.2) is 12.1 Å². The summed E-state index contributed by atoms with van der Waals surface area (Å²) in [5.41, 5.74) is 10.2. The Hall–Kier alpha value is -1.02. The lowest BCUT2D eigenvalue weighted by Crippen LogP contribution is -2.15. The fourth-order valence-electron chi connectivity index (χ4n) is 2.80. The van der Waals surface area contributed by atoms with E-state index >= 15 is 0 Å². The third kappa shape index (κ3) is 1.44. The standard InChI is InChI=1S/C13H19NO/c1-8-5-6-10(15-4)12-11(8)9(14)7-13(12,2)3/h5-6,9H,7,14H2,1-4H3. The highest BCUT2D eigenvalue weighted by Crippen LogP contribution is 2.48. The second-order valence-electron chi connectivity index (χ2n) is 5.07. The van der Waals surface area contributed by atoms with Crippen LogP contribution in [-0.4, -0.2) is 7.11 Å². The molecule has 0 fully saturated rings. The lowest BCUT2D eigenvalue weighted by Gasteiger charge is -2.21. The van der Waals surface area contributed by atoms with E-state index in [0.29, 0.717) is 0 Å².